The summed E-state index contributed by atoms with van der Waals surface area (Å²) < 4.78 is 140. The lowest BCUT2D eigenvalue weighted by atomic mass is 9.93. The molecule has 0 spiro atoms. The van der Waals surface area contributed by atoms with Gasteiger partial charge in [0.1, 0.15) is 93.6 Å². The second kappa shape index (κ2) is 45.4. The number of alkyl halides is 3. The largest absolute Gasteiger partial charge is 0.462 e. The van der Waals surface area contributed by atoms with Gasteiger partial charge in [-0.3, -0.25) is 48.5 Å². The topological polar surface area (TPSA) is 377 Å². The zero-order chi connectivity index (χ0) is 97.5. The minimum absolute atomic E-state index is 0.221. The Morgan fingerprint density at radius 2 is 0.473 bits per heavy atom. The summed E-state index contributed by atoms with van der Waals surface area (Å²) in [6.45, 7) is 34.9. The highest BCUT2D eigenvalue weighted by molar-refractivity contribution is 6.67. The van der Waals surface area contributed by atoms with Crippen molar-refractivity contribution in [2.24, 2.45) is 43.3 Å². The first kappa shape index (κ1) is 108. The van der Waals surface area contributed by atoms with E-state index in [4.69, 9.17) is 134 Å². The van der Waals surface area contributed by atoms with Gasteiger partial charge in [-0.1, -0.05) is 156 Å². The van der Waals surface area contributed by atoms with Crippen molar-refractivity contribution in [2.75, 3.05) is 26.4 Å². The zero-order valence-electron chi connectivity index (χ0n) is 79.5. The van der Waals surface area contributed by atoms with Crippen molar-refractivity contribution in [3.8, 4) is 0 Å². The van der Waals surface area contributed by atoms with Crippen LogP contribution in [0.5, 0.6) is 0 Å². The molecule has 4 aliphatic rings. The van der Waals surface area contributed by atoms with Gasteiger partial charge in [0.15, 0.2) is 49.4 Å². The van der Waals surface area contributed by atoms with Gasteiger partial charge in [-0.15, -0.1) is 0 Å². The predicted molar refractivity (Wildman–Crippen MR) is 474 cm³/mol. The summed E-state index contributed by atoms with van der Waals surface area (Å²) in [6, 6.07) is 34.9. The van der Waals surface area contributed by atoms with Gasteiger partial charge in [-0.05, 0) is 188 Å². The van der Waals surface area contributed by atoms with Crippen LogP contribution in [0.4, 0.5) is 4.79 Å². The molecule has 0 saturated carbocycles. The number of nitrogens with one attached hydrogen (secondary N) is 1. The summed E-state index contributed by atoms with van der Waals surface area (Å²) >= 11 is 18.3. The third kappa shape index (κ3) is 32.3. The molecule has 728 valence electrons. The lowest BCUT2D eigenvalue weighted by Crippen LogP contribution is -2.69. The van der Waals surface area contributed by atoms with Gasteiger partial charge in [0, 0.05) is 6.92 Å². The maximum Gasteiger partial charge on any atom is 0.412 e. The molecule has 131 heavy (non-hydrogen) atoms. The first-order valence-corrected chi connectivity index (χ1v) is 44.8. The van der Waals surface area contributed by atoms with Gasteiger partial charge in [-0.25, -0.2) is 4.79 Å². The molecule has 1 N–H and O–H groups in total. The fourth-order valence-electron chi connectivity index (χ4n) is 13.0. The number of carbonyl (C=O) groups is 10. The van der Waals surface area contributed by atoms with Crippen LogP contribution in [0.1, 0.15) is 195 Å². The fourth-order valence-corrected chi connectivity index (χ4v) is 13.3. The minimum Gasteiger partial charge on any atom is -0.462 e. The van der Waals surface area contributed by atoms with Crippen molar-refractivity contribution in [1.82, 2.24) is 5.32 Å². The minimum atomic E-state index is -2.49. The first-order chi connectivity index (χ1) is 60.7. The van der Waals surface area contributed by atoms with Crippen LogP contribution in [-0.4, -0.2) is 213 Å². The van der Waals surface area contributed by atoms with E-state index in [0.29, 0.717) is 22.3 Å². The van der Waals surface area contributed by atoms with Gasteiger partial charge in [0.25, 0.3) is 3.92 Å². The third-order valence-corrected chi connectivity index (χ3v) is 20.8. The lowest BCUT2D eigenvalue weighted by Gasteiger charge is -2.52. The molecule has 4 aliphatic heterocycles. The average Bonchev–Trinajstić information content (AvgIpc) is 0.750. The molecule has 1 unspecified atom stereocenters. The molecule has 8 rings (SSSR count). The molecule has 4 aromatic rings. The number of amides is 1. The van der Waals surface area contributed by atoms with Crippen LogP contribution in [0.3, 0.4) is 0 Å². The summed E-state index contributed by atoms with van der Waals surface area (Å²) in [7, 11) is 0. The Morgan fingerprint density at radius 3 is 0.687 bits per heavy atom. The zero-order valence-corrected chi connectivity index (χ0v) is 81.8. The normalized spacial score (nSPS) is 26.5. The van der Waals surface area contributed by atoms with Crippen LogP contribution >= 0.6 is 34.8 Å². The van der Waals surface area contributed by atoms with Crippen LogP contribution in [0.15, 0.2) is 121 Å². The van der Waals surface area contributed by atoms with Crippen molar-refractivity contribution in [3.63, 3.8) is 0 Å². The van der Waals surface area contributed by atoms with Crippen molar-refractivity contribution >= 4 is 94.6 Å². The molecule has 4 saturated heterocycles. The highest BCUT2D eigenvalue weighted by atomic mass is 35.6. The van der Waals surface area contributed by atoms with E-state index in [9.17, 15) is 38.4 Å². The number of halogens is 3. The number of hydrogen-bond acceptors (Lipinski definition) is 31. The first-order valence-electron chi connectivity index (χ1n) is 43.6. The van der Waals surface area contributed by atoms with Gasteiger partial charge in [0.05, 0.1) is 69.7 Å². The summed E-state index contributed by atoms with van der Waals surface area (Å²) in [5.41, 5.74) is -8.05. The van der Waals surface area contributed by atoms with Gasteiger partial charge in [-0.2, -0.15) is 0 Å². The molecule has 32 nitrogen and oxygen atoms in total. The molecule has 4 fully saturated rings. The second-order valence-corrected chi connectivity index (χ2v) is 43.3. The molecular weight excluding hydrogens is 1770 g/mol. The number of carbonyl (C=O) groups excluding carboxylic acids is 10. The van der Waals surface area contributed by atoms with Crippen molar-refractivity contribution < 1.29 is 147 Å². The highest BCUT2D eigenvalue weighted by Crippen LogP contribution is 2.44. The molecule has 35 heteroatoms. The number of alkyl carbamates (subject to hydrolysis) is 1. The smallest absolute Gasteiger partial charge is 0.412 e. The molecule has 20 atom stereocenters. The molecular formula is C96H132Cl3NO31. The number of hydrogen-bond donors (Lipinski definition) is 1. The average molecular weight is 1900 g/mol. The molecule has 0 bridgehead atoms. The molecule has 4 heterocycles. The standard InChI is InChI=1S/C96H132Cl3NO31/c1-54(101)119-63-59(50-115-79(102)88(2,3)4)120-75(71(127-83(106)92(14,15)16)67(63)111-46-55-38-30-26-31-39-55)124-64-60(51-116-80(103)89(5,6)7)121-76(72(128-84(107)93(17,18)19)68(64)112-47-56-40-32-27-33-41-56)125-65-61(52-117-81(104)90(8,9)10)122-77(73(129-85(108)94(20,21)22)69(65)113-48-57-42-34-28-35-43-57)126-66-62(53-118-82(105)91(11,12)13)123-78(131-87(110)100-96(97,98)99)74(130-86(109)95(23,24)25)70(66)114-49-58-44-36-29-37-45-58/h26-45,59-78H,46-53H2,1-25H3,(H,100,110)/t59-,60-,61-,62-,63-,64-,65-,66-,67+,68+,69?,70+,71-,72-,73-,74-,75+,76+,77-,78-/m1/s1. The van der Waals surface area contributed by atoms with Gasteiger partial charge >= 0.3 is 59.8 Å². The van der Waals surface area contributed by atoms with E-state index in [1.807, 2.05) is 0 Å². The Morgan fingerprint density at radius 1 is 0.267 bits per heavy atom. The predicted octanol–water partition coefficient (Wildman–Crippen LogP) is 14.6. The fraction of sp³-hybridized carbons (Fsp3) is 0.646. The SMILES string of the molecule is CC(=O)O[C@H]1[C@H](OCc2ccccc2)[C@@H](OC(=O)C(C)(C)C)[C@H](O[C@H]2[C@H](OCc3ccccc3)[C@@H](OC(=O)C(C)(C)C)[C@H](O[C@H]3C(OCc4ccccc4)[C@@H](OC(=O)C(C)(C)C)[C@@H](O[C@H]4[C@H](OCc5ccccc5)[C@@H](OC(=O)C(C)(C)C)[C@@H](OC(=O)NC(Cl)(Cl)Cl)O[C@@H]4COC(=O)C(C)(C)C)O[C@@H]3COC(=O)C(C)(C)C)O[C@@H]2COC(=O)C(C)(C)C)O[C@@H]1COC(=O)C(C)(C)C. The monoisotopic (exact) mass is 1900 g/mol. The Balaban J connectivity index is 1.44. The Kier molecular flexibility index (Phi) is 37.5. The Bertz CT molecular complexity index is 4420. The van der Waals surface area contributed by atoms with Crippen molar-refractivity contribution in [3.05, 3.63) is 144 Å². The van der Waals surface area contributed by atoms with Crippen LogP contribution in [0.25, 0.3) is 0 Å². The molecule has 0 aliphatic carbocycles. The lowest BCUT2D eigenvalue weighted by molar-refractivity contribution is -0.395. The number of benzene rings is 4. The van der Waals surface area contributed by atoms with E-state index in [2.05, 4.69) is 5.32 Å². The Hall–Kier alpha value is -8.19. The molecule has 4 aromatic carbocycles. The quantitative estimate of drug-likeness (QED) is 0.0205. The van der Waals surface area contributed by atoms with E-state index >= 15 is 9.59 Å². The summed E-state index contributed by atoms with van der Waals surface area (Å²) in [6.07, 6.45) is -38.2. The second-order valence-electron chi connectivity index (χ2n) is 41.0. The number of rotatable bonds is 32. The van der Waals surface area contributed by atoms with Crippen LogP contribution in [0, 0.1) is 43.3 Å². The van der Waals surface area contributed by atoms with Crippen LogP contribution in [0.2, 0.25) is 0 Å². The van der Waals surface area contributed by atoms with E-state index in [-0.39, 0.29) is 26.4 Å². The van der Waals surface area contributed by atoms with E-state index in [0.717, 1.165) is 6.92 Å². The summed E-state index contributed by atoms with van der Waals surface area (Å²) in [5.74, 6) is -7.52. The number of ether oxygens (including phenoxy) is 21. The van der Waals surface area contributed by atoms with E-state index in [1.54, 1.807) is 287 Å². The van der Waals surface area contributed by atoms with Crippen LogP contribution < -0.4 is 5.32 Å². The maximum absolute atomic E-state index is 15.5. The van der Waals surface area contributed by atoms with E-state index in [1.165, 1.54) is 0 Å². The van der Waals surface area contributed by atoms with Crippen LogP contribution in [-0.2, 0) is 169 Å². The summed E-state index contributed by atoms with van der Waals surface area (Å²) in [5, 5.41) is 2.06. The molecule has 1 amide bonds. The van der Waals surface area contributed by atoms with Gasteiger partial charge in [0.2, 0.25) is 6.29 Å². The van der Waals surface area contributed by atoms with Crippen molar-refractivity contribution in [1.29, 1.82) is 0 Å². The van der Waals surface area contributed by atoms with E-state index < -0.39 is 256 Å². The number of esters is 9. The summed E-state index contributed by atoms with van der Waals surface area (Å²) in [4.78, 5) is 146. The van der Waals surface area contributed by atoms with Gasteiger partial charge < -0.3 is 99.5 Å². The Labute approximate surface area is 782 Å². The maximum atomic E-state index is 15.5. The highest BCUT2D eigenvalue weighted by Gasteiger charge is 2.63. The third-order valence-electron chi connectivity index (χ3n) is 20.5. The molecule has 0 aromatic heterocycles. The molecule has 0 radical (unpaired) electrons. The van der Waals surface area contributed by atoms with Crippen molar-refractivity contribution in [2.45, 2.75) is 326 Å².